The molecule has 3 aromatic rings. The van der Waals surface area contributed by atoms with Gasteiger partial charge in [0.2, 0.25) is 0 Å². The molecule has 1 aliphatic rings. The van der Waals surface area contributed by atoms with Crippen LogP contribution in [-0.2, 0) is 16.9 Å². The molecular weight excluding hydrogens is 441 g/mol. The molecule has 1 aliphatic carbocycles. The fraction of sp³-hybridized carbons (Fsp3) is 0.368. The van der Waals surface area contributed by atoms with Crippen LogP contribution in [0.3, 0.4) is 0 Å². The first-order valence-corrected chi connectivity index (χ1v) is 11.3. The van der Waals surface area contributed by atoms with Crippen molar-refractivity contribution < 1.29 is 21.6 Å². The molecule has 0 N–H and O–H groups in total. The Balaban J connectivity index is 1.91. The van der Waals surface area contributed by atoms with Gasteiger partial charge in [-0.05, 0) is 42.5 Å². The van der Waals surface area contributed by atoms with Crippen LogP contribution in [0.15, 0.2) is 34.6 Å². The summed E-state index contributed by atoms with van der Waals surface area (Å²) in [5, 5.41) is -1.34. The van der Waals surface area contributed by atoms with E-state index < -0.39 is 21.0 Å². The van der Waals surface area contributed by atoms with Gasteiger partial charge in [-0.1, -0.05) is 18.5 Å². The van der Waals surface area contributed by atoms with E-state index in [9.17, 15) is 21.6 Å². The second-order valence-corrected chi connectivity index (χ2v) is 9.79. The van der Waals surface area contributed by atoms with E-state index in [1.54, 1.807) is 6.20 Å². The van der Waals surface area contributed by atoms with Crippen molar-refractivity contribution in [3.05, 3.63) is 40.8 Å². The maximum Gasteiger partial charge on any atom is 0.427 e. The molecule has 1 saturated carbocycles. The third kappa shape index (κ3) is 3.62. The Kier molecular flexibility index (Phi) is 4.97. The Bertz CT molecular complexity index is 1270. The number of rotatable bonds is 5. The van der Waals surface area contributed by atoms with Crippen molar-refractivity contribution >= 4 is 33.2 Å². The lowest BCUT2D eigenvalue weighted by Gasteiger charge is -2.07. The summed E-state index contributed by atoms with van der Waals surface area (Å²) in [7, 11) is -2.22. The lowest BCUT2D eigenvalue weighted by Crippen LogP contribution is -2.10. The average molecular weight is 459 g/mol. The smallest absolute Gasteiger partial charge is 0.326 e. The Morgan fingerprint density at radius 3 is 2.67 bits per heavy atom. The highest BCUT2D eigenvalue weighted by atomic mass is 35.5. The summed E-state index contributed by atoms with van der Waals surface area (Å²) >= 11 is 5.34. The molecule has 0 atom stereocenters. The molecule has 0 unspecified atom stereocenters. The van der Waals surface area contributed by atoms with E-state index in [0.717, 1.165) is 24.5 Å². The van der Waals surface area contributed by atoms with Gasteiger partial charge in [0.15, 0.2) is 20.7 Å². The highest BCUT2D eigenvalue weighted by Crippen LogP contribution is 2.41. The van der Waals surface area contributed by atoms with Crippen molar-refractivity contribution in [1.29, 1.82) is 0 Å². The lowest BCUT2D eigenvalue weighted by atomic mass is 10.2. The number of nitrogens with zero attached hydrogens (tertiary/aromatic N) is 4. The normalized spacial score (nSPS) is 15.9. The predicted octanol–water partition coefficient (Wildman–Crippen LogP) is 4.55. The number of halogens is 4. The average Bonchev–Trinajstić information content (AvgIpc) is 3.37. The number of sulfone groups is 1. The van der Waals surface area contributed by atoms with Crippen LogP contribution in [0.25, 0.3) is 23.2 Å². The Morgan fingerprint density at radius 2 is 2.07 bits per heavy atom. The standard InChI is InChI=1S/C19H18ClF3N4O2S/c1-3-30(28,29)18-16(25-15-8-12(11-4-5-11)6-7-27(15)18)17-24-10-13(26(17)2)9-14(20)19(21,22)23/h6-11H,3-5H2,1-2H3. The maximum atomic E-state index is 12.8. The van der Waals surface area contributed by atoms with Gasteiger partial charge in [-0.2, -0.15) is 13.2 Å². The molecule has 1 fully saturated rings. The fourth-order valence-corrected chi connectivity index (χ4v) is 4.55. The van der Waals surface area contributed by atoms with E-state index in [1.807, 2.05) is 12.1 Å². The highest BCUT2D eigenvalue weighted by Gasteiger charge is 2.33. The van der Waals surface area contributed by atoms with Crippen molar-refractivity contribution in [3.8, 4) is 11.5 Å². The molecule has 3 heterocycles. The van der Waals surface area contributed by atoms with E-state index >= 15 is 0 Å². The van der Waals surface area contributed by atoms with Crippen LogP contribution in [0, 0.1) is 0 Å². The number of alkyl halides is 3. The van der Waals surface area contributed by atoms with Gasteiger partial charge >= 0.3 is 6.18 Å². The number of imidazole rings is 2. The Morgan fingerprint density at radius 1 is 1.37 bits per heavy atom. The van der Waals surface area contributed by atoms with Crippen LogP contribution >= 0.6 is 11.6 Å². The molecule has 0 bridgehead atoms. The zero-order valence-electron chi connectivity index (χ0n) is 16.1. The number of aromatic nitrogens is 4. The minimum Gasteiger partial charge on any atom is -0.326 e. The van der Waals surface area contributed by atoms with E-state index in [1.165, 1.54) is 29.1 Å². The largest absolute Gasteiger partial charge is 0.427 e. The van der Waals surface area contributed by atoms with Crippen LogP contribution in [0.2, 0.25) is 0 Å². The van der Waals surface area contributed by atoms with Gasteiger partial charge < -0.3 is 4.57 Å². The minimum atomic E-state index is -4.69. The Hall–Kier alpha value is -2.33. The van der Waals surface area contributed by atoms with E-state index in [-0.39, 0.29) is 28.0 Å². The molecule has 0 aromatic carbocycles. The van der Waals surface area contributed by atoms with Gasteiger partial charge in [0.25, 0.3) is 0 Å². The number of allylic oxidation sites excluding steroid dienone is 1. The van der Waals surface area contributed by atoms with E-state index in [2.05, 4.69) is 9.97 Å². The van der Waals surface area contributed by atoms with Gasteiger partial charge in [0, 0.05) is 13.2 Å². The molecule has 0 spiro atoms. The monoisotopic (exact) mass is 458 g/mol. The fourth-order valence-electron chi connectivity index (χ4n) is 3.28. The summed E-state index contributed by atoms with van der Waals surface area (Å²) in [5.74, 6) is 0.433. The zero-order valence-corrected chi connectivity index (χ0v) is 17.7. The van der Waals surface area contributed by atoms with Crippen molar-refractivity contribution in [2.75, 3.05) is 5.75 Å². The molecule has 11 heteroatoms. The first kappa shape index (κ1) is 20.9. The summed E-state index contributed by atoms with van der Waals surface area (Å²) < 4.78 is 66.9. The van der Waals surface area contributed by atoms with Crippen LogP contribution in [-0.4, -0.2) is 39.3 Å². The molecule has 3 aromatic heterocycles. The molecule has 6 nitrogen and oxygen atoms in total. The summed E-state index contributed by atoms with van der Waals surface area (Å²) in [6, 6.07) is 3.72. The third-order valence-electron chi connectivity index (χ3n) is 5.11. The SMILES string of the molecule is CCS(=O)(=O)c1c(-c2ncc(C=C(Cl)C(F)(F)F)n2C)nc2cc(C3CC3)ccn12. The molecule has 0 radical (unpaired) electrons. The summed E-state index contributed by atoms with van der Waals surface area (Å²) in [5.41, 5.74) is 1.70. The van der Waals surface area contributed by atoms with Crippen molar-refractivity contribution in [2.24, 2.45) is 7.05 Å². The number of pyridine rings is 1. The van der Waals surface area contributed by atoms with E-state index in [0.29, 0.717) is 11.6 Å². The molecule has 0 saturated heterocycles. The first-order chi connectivity index (χ1) is 14.0. The Labute approximate surface area is 175 Å². The second kappa shape index (κ2) is 7.12. The minimum absolute atomic E-state index is 0.0338. The number of hydrogen-bond acceptors (Lipinski definition) is 4. The van der Waals surface area contributed by atoms with Crippen LogP contribution < -0.4 is 0 Å². The van der Waals surface area contributed by atoms with Crippen molar-refractivity contribution in [2.45, 2.75) is 36.9 Å². The van der Waals surface area contributed by atoms with Crippen molar-refractivity contribution in [3.63, 3.8) is 0 Å². The second-order valence-electron chi connectivity index (χ2n) is 7.19. The zero-order chi connectivity index (χ0) is 21.8. The number of hydrogen-bond donors (Lipinski definition) is 0. The van der Waals surface area contributed by atoms with Crippen LogP contribution in [0.1, 0.15) is 36.9 Å². The number of fused-ring (bicyclic) bond motifs is 1. The molecular formula is C19H18ClF3N4O2S. The topological polar surface area (TPSA) is 69.3 Å². The third-order valence-corrected chi connectivity index (χ3v) is 7.17. The van der Waals surface area contributed by atoms with E-state index in [4.69, 9.17) is 11.6 Å². The lowest BCUT2D eigenvalue weighted by molar-refractivity contribution is -0.0837. The van der Waals surface area contributed by atoms with Gasteiger partial charge in [-0.25, -0.2) is 18.4 Å². The van der Waals surface area contributed by atoms with Gasteiger partial charge in [0.1, 0.15) is 16.4 Å². The molecule has 160 valence electrons. The van der Waals surface area contributed by atoms with Gasteiger partial charge in [-0.3, -0.25) is 4.40 Å². The van der Waals surface area contributed by atoms with Crippen LogP contribution in [0.5, 0.6) is 0 Å². The van der Waals surface area contributed by atoms with Gasteiger partial charge in [0.05, 0.1) is 17.6 Å². The van der Waals surface area contributed by atoms with Gasteiger partial charge in [-0.15, -0.1) is 0 Å². The molecule has 4 rings (SSSR count). The summed E-state index contributed by atoms with van der Waals surface area (Å²) in [6.45, 7) is 1.52. The summed E-state index contributed by atoms with van der Waals surface area (Å²) in [6.07, 6.45) is 1.09. The van der Waals surface area contributed by atoms with Crippen LogP contribution in [0.4, 0.5) is 13.2 Å². The van der Waals surface area contributed by atoms with Crippen molar-refractivity contribution in [1.82, 2.24) is 18.9 Å². The highest BCUT2D eigenvalue weighted by molar-refractivity contribution is 7.91. The predicted molar refractivity (Wildman–Crippen MR) is 107 cm³/mol. The first-order valence-electron chi connectivity index (χ1n) is 9.24. The summed E-state index contributed by atoms with van der Waals surface area (Å²) in [4.78, 5) is 8.64. The molecule has 30 heavy (non-hydrogen) atoms. The molecule has 0 aliphatic heterocycles. The quantitative estimate of drug-likeness (QED) is 0.562. The maximum absolute atomic E-state index is 12.8. The molecule has 0 amide bonds.